The highest BCUT2D eigenvalue weighted by Crippen LogP contribution is 2.31. The minimum Gasteiger partial charge on any atom is -0.480 e. The van der Waals surface area contributed by atoms with E-state index < -0.39 is 24.0 Å². The summed E-state index contributed by atoms with van der Waals surface area (Å²) < 4.78 is 3.38. The Bertz CT molecular complexity index is 1230. The average Bonchev–Trinajstić information content (AvgIpc) is 2.78. The molecule has 0 aliphatic heterocycles. The number of hydrogen-bond donors (Lipinski definition) is 4. The van der Waals surface area contributed by atoms with Crippen molar-refractivity contribution in [2.45, 2.75) is 44.7 Å². The molecular weight excluding hydrogens is 472 g/mol. The number of carboxylic acids is 1. The van der Waals surface area contributed by atoms with Crippen LogP contribution in [0, 0.1) is 20.8 Å². The van der Waals surface area contributed by atoms with Crippen molar-refractivity contribution in [3.05, 3.63) is 81.9 Å². The van der Waals surface area contributed by atoms with Crippen LogP contribution in [0.3, 0.4) is 0 Å². The molecule has 4 N–H and O–H groups in total. The Morgan fingerprint density at radius 3 is 2.29 bits per heavy atom. The summed E-state index contributed by atoms with van der Waals surface area (Å²) in [5, 5.41) is 21.9. The van der Waals surface area contributed by atoms with Gasteiger partial charge in [0.25, 0.3) is 5.91 Å². The van der Waals surface area contributed by atoms with Crippen molar-refractivity contribution in [2.24, 2.45) is 0 Å². The Kier molecular flexibility index (Phi) is 8.25. The molecule has 0 fully saturated rings. The lowest BCUT2D eigenvalue weighted by atomic mass is 9.99. The summed E-state index contributed by atoms with van der Waals surface area (Å²) >= 11 is 7.71. The first-order chi connectivity index (χ1) is 16.1. The molecule has 0 heterocycles. The van der Waals surface area contributed by atoms with Crippen LogP contribution in [-0.4, -0.2) is 34.2 Å². The predicted molar refractivity (Wildman–Crippen MR) is 138 cm³/mol. The van der Waals surface area contributed by atoms with E-state index in [-0.39, 0.29) is 0 Å². The zero-order valence-corrected chi connectivity index (χ0v) is 20.9. The van der Waals surface area contributed by atoms with E-state index in [2.05, 4.69) is 16.1 Å². The molecule has 178 valence electrons. The molecule has 0 saturated heterocycles. The van der Waals surface area contributed by atoms with Crippen LogP contribution >= 0.6 is 23.5 Å². The Balaban J connectivity index is 1.76. The van der Waals surface area contributed by atoms with Gasteiger partial charge in [0.1, 0.15) is 0 Å². The van der Waals surface area contributed by atoms with Crippen LogP contribution in [0.15, 0.2) is 59.5 Å². The number of hydrogen-bond acceptors (Lipinski definition) is 5. The molecule has 8 heteroatoms. The molecule has 3 aromatic carbocycles. The van der Waals surface area contributed by atoms with Crippen molar-refractivity contribution in [1.29, 1.82) is 0 Å². The number of rotatable bonds is 8. The van der Waals surface area contributed by atoms with E-state index in [9.17, 15) is 19.8 Å². The smallest absolute Gasteiger partial charge is 0.328 e. The number of aliphatic carboxylic acids is 1. The predicted octanol–water partition coefficient (Wildman–Crippen LogP) is 5.62. The van der Waals surface area contributed by atoms with Crippen molar-refractivity contribution in [3.63, 3.8) is 0 Å². The van der Waals surface area contributed by atoms with Gasteiger partial charge in [-0.3, -0.25) is 4.79 Å². The van der Waals surface area contributed by atoms with E-state index in [4.69, 9.17) is 11.6 Å². The third-order valence-electron chi connectivity index (χ3n) is 5.44. The van der Waals surface area contributed by atoms with E-state index in [1.54, 1.807) is 13.0 Å². The maximum atomic E-state index is 12.6. The highest BCUT2D eigenvalue weighted by molar-refractivity contribution is 8.00. The number of carbonyl (C=O) groups is 2. The lowest BCUT2D eigenvalue weighted by Gasteiger charge is -2.18. The number of aliphatic hydroxyl groups excluding tert-OH is 1. The maximum Gasteiger partial charge on any atom is 0.328 e. The fourth-order valence-electron chi connectivity index (χ4n) is 3.45. The molecule has 0 radical (unpaired) electrons. The van der Waals surface area contributed by atoms with Gasteiger partial charge in [0.2, 0.25) is 0 Å². The molecule has 6 nitrogen and oxygen atoms in total. The number of carboxylic acid groups (broad SMARTS) is 1. The molecule has 34 heavy (non-hydrogen) atoms. The summed E-state index contributed by atoms with van der Waals surface area (Å²) in [5.41, 5.74) is 5.99. The highest BCUT2D eigenvalue weighted by Gasteiger charge is 2.26. The first kappa shape index (κ1) is 25.6. The van der Waals surface area contributed by atoms with Crippen molar-refractivity contribution in [2.75, 3.05) is 4.72 Å². The highest BCUT2D eigenvalue weighted by atomic mass is 35.5. The second kappa shape index (κ2) is 11.0. The van der Waals surface area contributed by atoms with Gasteiger partial charge in [-0.2, -0.15) is 0 Å². The molecule has 0 aromatic heterocycles. The van der Waals surface area contributed by atoms with E-state index in [0.29, 0.717) is 11.1 Å². The van der Waals surface area contributed by atoms with Crippen molar-refractivity contribution in [1.82, 2.24) is 5.32 Å². The Morgan fingerprint density at radius 1 is 0.941 bits per heavy atom. The van der Waals surface area contributed by atoms with Gasteiger partial charge >= 0.3 is 5.97 Å². The number of nitrogens with one attached hydrogen (secondary N) is 2. The molecule has 1 amide bonds. The normalized spacial score (nSPS) is 12.6. The van der Waals surface area contributed by atoms with Gasteiger partial charge in [0.15, 0.2) is 6.04 Å². The molecule has 2 atom stereocenters. The largest absolute Gasteiger partial charge is 0.480 e. The van der Waals surface area contributed by atoms with Crippen LogP contribution in [0.1, 0.15) is 34.0 Å². The van der Waals surface area contributed by atoms with Gasteiger partial charge in [-0.25, -0.2) is 4.79 Å². The monoisotopic (exact) mass is 498 g/mol. The van der Waals surface area contributed by atoms with Crippen molar-refractivity contribution >= 4 is 41.1 Å². The molecule has 3 aromatic rings. The number of aliphatic hydroxyl groups is 1. The summed E-state index contributed by atoms with van der Waals surface area (Å²) in [6.07, 6.45) is -1.21. The molecule has 3 rings (SSSR count). The fraction of sp³-hybridized carbons (Fsp3) is 0.231. The number of carbonyl (C=O) groups excluding carboxylic acids is 1. The second-order valence-corrected chi connectivity index (χ2v) is 9.47. The number of amides is 1. The minimum atomic E-state index is -1.38. The molecule has 1 unspecified atom stereocenters. The van der Waals surface area contributed by atoms with Gasteiger partial charge in [-0.15, -0.1) is 0 Å². The summed E-state index contributed by atoms with van der Waals surface area (Å²) in [6.45, 7) is 7.11. The van der Waals surface area contributed by atoms with Gasteiger partial charge in [0, 0.05) is 21.2 Å². The maximum absolute atomic E-state index is 12.6. The molecule has 0 aliphatic rings. The second-order valence-electron chi connectivity index (χ2n) is 8.21. The number of halogens is 1. The Hall–Kier alpha value is -3.00. The fourth-order valence-corrected chi connectivity index (χ4v) is 4.47. The summed E-state index contributed by atoms with van der Waals surface area (Å²) in [7, 11) is 0. The Morgan fingerprint density at radius 2 is 1.65 bits per heavy atom. The molecule has 0 aliphatic carbocycles. The van der Waals surface area contributed by atoms with Crippen LogP contribution in [-0.2, 0) is 4.79 Å². The lowest BCUT2D eigenvalue weighted by Crippen LogP contribution is -2.47. The Labute approximate surface area is 208 Å². The third-order valence-corrected chi connectivity index (χ3v) is 6.84. The van der Waals surface area contributed by atoms with Crippen LogP contribution in [0.4, 0.5) is 5.69 Å². The van der Waals surface area contributed by atoms with E-state index in [1.807, 2.05) is 56.3 Å². The third kappa shape index (κ3) is 6.11. The van der Waals surface area contributed by atoms with E-state index in [0.717, 1.165) is 37.9 Å². The van der Waals surface area contributed by atoms with Crippen molar-refractivity contribution in [3.8, 4) is 11.1 Å². The lowest BCUT2D eigenvalue weighted by molar-refractivity contribution is -0.141. The van der Waals surface area contributed by atoms with Crippen LogP contribution in [0.5, 0.6) is 0 Å². The van der Waals surface area contributed by atoms with Crippen LogP contribution in [0.2, 0.25) is 5.02 Å². The SMILES string of the molecule is Cc1cc(SNc2cccc(-c3ccc(C(=O)NC(C(=O)O)[C@@H](C)O)c(C)c3)c2)c(C)cc1Cl. The van der Waals surface area contributed by atoms with Crippen LogP contribution in [0.25, 0.3) is 11.1 Å². The quantitative estimate of drug-likeness (QED) is 0.301. The topological polar surface area (TPSA) is 98.7 Å². The first-order valence-corrected chi connectivity index (χ1v) is 11.9. The summed E-state index contributed by atoms with van der Waals surface area (Å²) in [6, 6.07) is 15.9. The number of aryl methyl sites for hydroxylation is 3. The molecule has 0 spiro atoms. The van der Waals surface area contributed by atoms with Gasteiger partial charge in [0.05, 0.1) is 6.10 Å². The number of benzene rings is 3. The van der Waals surface area contributed by atoms with E-state index >= 15 is 0 Å². The summed E-state index contributed by atoms with van der Waals surface area (Å²) in [4.78, 5) is 24.9. The van der Waals surface area contributed by atoms with Gasteiger partial charge in [-0.05, 0) is 97.8 Å². The zero-order chi connectivity index (χ0) is 25.0. The zero-order valence-electron chi connectivity index (χ0n) is 19.3. The molecule has 0 saturated carbocycles. The van der Waals surface area contributed by atoms with E-state index in [1.165, 1.54) is 18.9 Å². The standard InChI is InChI=1S/C26H27ClN2O4S/c1-14-10-19(8-9-21(14)25(31)28-24(17(4)30)26(32)33)18-6-5-7-20(13-18)29-34-23-12-15(2)22(27)11-16(23)3/h5-13,17,24,29-30H,1-4H3,(H,28,31)(H,32,33)/t17-,24?/m1/s1. The first-order valence-electron chi connectivity index (χ1n) is 10.7. The average molecular weight is 499 g/mol. The van der Waals surface area contributed by atoms with Gasteiger partial charge < -0.3 is 20.3 Å². The minimum absolute atomic E-state index is 0.356. The summed E-state index contributed by atoms with van der Waals surface area (Å²) in [5.74, 6) is -1.83. The van der Waals surface area contributed by atoms with Crippen LogP contribution < -0.4 is 10.0 Å². The number of anilines is 1. The van der Waals surface area contributed by atoms with Crippen molar-refractivity contribution < 1.29 is 19.8 Å². The van der Waals surface area contributed by atoms with Gasteiger partial charge in [-0.1, -0.05) is 35.9 Å². The molecule has 0 bridgehead atoms. The molecular formula is C26H27ClN2O4S.